The zero-order valence-corrected chi connectivity index (χ0v) is 26.9. The van der Waals surface area contributed by atoms with E-state index in [4.69, 9.17) is 22.3 Å². The molecule has 4 aromatic rings. The van der Waals surface area contributed by atoms with Crippen molar-refractivity contribution in [1.82, 2.24) is 19.7 Å². The first-order chi connectivity index (χ1) is 20.7. The predicted octanol–water partition coefficient (Wildman–Crippen LogP) is 5.27. The van der Waals surface area contributed by atoms with Crippen LogP contribution in [0.1, 0.15) is 50.5 Å². The van der Waals surface area contributed by atoms with Crippen molar-refractivity contribution < 1.29 is 21.2 Å². The van der Waals surface area contributed by atoms with Gasteiger partial charge < -0.3 is 11.1 Å². The number of nitrogen functional groups attached to an aromatic ring is 1. The van der Waals surface area contributed by atoms with E-state index >= 15 is 4.39 Å². The number of nitrogens with zero attached hydrogens (tertiary/aromatic N) is 3. The predicted molar refractivity (Wildman–Crippen MR) is 172 cm³/mol. The first kappa shape index (κ1) is 31.9. The number of anilines is 2. The fraction of sp³-hybridized carbons (Fsp3) is 0.333. The van der Waals surface area contributed by atoms with E-state index in [9.17, 15) is 16.8 Å². The Hall–Kier alpha value is -3.52. The van der Waals surface area contributed by atoms with Crippen molar-refractivity contribution >= 4 is 54.1 Å². The summed E-state index contributed by atoms with van der Waals surface area (Å²) >= 11 is 6.06. The van der Waals surface area contributed by atoms with E-state index in [0.717, 1.165) is 36.4 Å². The van der Waals surface area contributed by atoms with Crippen LogP contribution < -0.4 is 15.8 Å². The lowest BCUT2D eigenvalue weighted by Crippen LogP contribution is -2.34. The number of imidazole rings is 1. The van der Waals surface area contributed by atoms with Gasteiger partial charge in [0.2, 0.25) is 0 Å². The van der Waals surface area contributed by atoms with Crippen molar-refractivity contribution in [3.05, 3.63) is 77.1 Å². The first-order valence-corrected chi connectivity index (χ1v) is 18.0. The fourth-order valence-corrected chi connectivity index (χ4v) is 7.37. The van der Waals surface area contributed by atoms with E-state index in [2.05, 4.69) is 21.1 Å². The van der Waals surface area contributed by atoms with Gasteiger partial charge in [-0.1, -0.05) is 49.7 Å². The molecule has 2 aromatic carbocycles. The minimum Gasteiger partial charge on any atom is -0.382 e. The van der Waals surface area contributed by atoms with Crippen LogP contribution in [0.5, 0.6) is 0 Å². The van der Waals surface area contributed by atoms with Gasteiger partial charge in [0.25, 0.3) is 10.0 Å². The summed E-state index contributed by atoms with van der Waals surface area (Å²) in [6.45, 7) is 4.41. The van der Waals surface area contributed by atoms with Gasteiger partial charge in [0.05, 0.1) is 28.4 Å². The fourth-order valence-electron chi connectivity index (χ4n) is 5.29. The number of nitrogens with two attached hydrogens (primary N) is 1. The third-order valence-electron chi connectivity index (χ3n) is 7.49. The topological polar surface area (TPSA) is 149 Å². The van der Waals surface area contributed by atoms with E-state index in [1.165, 1.54) is 36.6 Å². The van der Waals surface area contributed by atoms with Gasteiger partial charge in [-0.15, -0.1) is 0 Å². The molecule has 0 amide bonds. The Morgan fingerprint density at radius 2 is 1.91 bits per heavy atom. The minimum absolute atomic E-state index is 0.0158. The molecule has 0 spiro atoms. The second kappa shape index (κ2) is 12.5. The van der Waals surface area contributed by atoms with Crippen LogP contribution in [0.4, 0.5) is 15.9 Å². The number of allylic oxidation sites excluding steroid dienone is 1. The molecule has 14 heteroatoms. The number of benzene rings is 2. The van der Waals surface area contributed by atoms with Crippen LogP contribution in [0.2, 0.25) is 5.02 Å². The molecule has 0 saturated carbocycles. The molecule has 0 radical (unpaired) electrons. The average Bonchev–Trinajstić information content (AvgIpc) is 3.36. The monoisotopic (exact) mass is 660 g/mol. The SMILES string of the molecule is CC(C)c1nc(-c2ccc(NS(=O)(=O)c3ccccc3Cl)c(F)c2)c2c(N)ncc(C3=CC[C@@H](NCCS(C)(=O)=O)CC3)n12. The molecule has 10 nitrogen and oxygen atoms in total. The van der Waals surface area contributed by atoms with Gasteiger partial charge in [0.15, 0.2) is 0 Å². The standard InChI is InChI=1S/C30H34ClFN6O4S2/c1-18(2)30-36-27(20-10-13-24(23(32)16-20)37-44(41,42)26-7-5-4-6-22(26)31)28-29(33)35-17-25(38(28)30)19-8-11-21(12-9-19)34-14-15-43(3,39)40/h4-8,10,13,16-18,21,34,37H,9,11-12,14-15H2,1-3H3,(H2,33,35)/t21-/m1/s1. The summed E-state index contributed by atoms with van der Waals surface area (Å²) in [6.07, 6.45) is 7.34. The maximum atomic E-state index is 15.4. The van der Waals surface area contributed by atoms with Crippen molar-refractivity contribution in [1.29, 1.82) is 0 Å². The maximum absolute atomic E-state index is 15.4. The summed E-state index contributed by atoms with van der Waals surface area (Å²) in [7, 11) is -7.17. The van der Waals surface area contributed by atoms with Crippen LogP contribution in [0.3, 0.4) is 0 Å². The number of rotatable bonds is 10. The summed E-state index contributed by atoms with van der Waals surface area (Å²) in [5, 5.41) is 3.35. The quantitative estimate of drug-likeness (QED) is 0.208. The van der Waals surface area contributed by atoms with Crippen molar-refractivity contribution in [2.45, 2.75) is 50.0 Å². The molecular formula is C30H34ClFN6O4S2. The lowest BCUT2D eigenvalue weighted by atomic mass is 9.93. The maximum Gasteiger partial charge on any atom is 0.263 e. The highest BCUT2D eigenvalue weighted by Crippen LogP contribution is 2.37. The van der Waals surface area contributed by atoms with Gasteiger partial charge in [0.1, 0.15) is 43.4 Å². The number of halogens is 2. The number of sulfone groups is 1. The molecule has 0 saturated heterocycles. The highest BCUT2D eigenvalue weighted by molar-refractivity contribution is 7.92. The Balaban J connectivity index is 1.49. The van der Waals surface area contributed by atoms with Gasteiger partial charge in [-0.05, 0) is 49.1 Å². The second-order valence-electron chi connectivity index (χ2n) is 11.2. The minimum atomic E-state index is -4.14. The van der Waals surface area contributed by atoms with E-state index in [1.54, 1.807) is 18.3 Å². The lowest BCUT2D eigenvalue weighted by molar-refractivity contribution is 0.491. The molecule has 4 N–H and O–H groups in total. The van der Waals surface area contributed by atoms with Gasteiger partial charge in [-0.25, -0.2) is 31.2 Å². The van der Waals surface area contributed by atoms with Crippen LogP contribution in [0.15, 0.2) is 59.6 Å². The summed E-state index contributed by atoms with van der Waals surface area (Å²) in [5.74, 6) is 0.226. The molecule has 0 unspecified atom stereocenters. The smallest absolute Gasteiger partial charge is 0.263 e. The van der Waals surface area contributed by atoms with Crippen LogP contribution in [0.25, 0.3) is 22.3 Å². The molecule has 1 atom stereocenters. The summed E-state index contributed by atoms with van der Waals surface area (Å²) in [5.41, 5.74) is 9.42. The van der Waals surface area contributed by atoms with E-state index in [0.29, 0.717) is 23.3 Å². The van der Waals surface area contributed by atoms with E-state index < -0.39 is 25.7 Å². The van der Waals surface area contributed by atoms with Gasteiger partial charge >= 0.3 is 0 Å². The Morgan fingerprint density at radius 1 is 1.16 bits per heavy atom. The molecule has 1 aliphatic rings. The molecule has 0 fully saturated rings. The van der Waals surface area contributed by atoms with Crippen molar-refractivity contribution in [2.75, 3.05) is 29.0 Å². The van der Waals surface area contributed by atoms with Crippen LogP contribution in [-0.4, -0.2) is 55.8 Å². The largest absolute Gasteiger partial charge is 0.382 e. The van der Waals surface area contributed by atoms with Crippen molar-refractivity contribution in [3.8, 4) is 11.3 Å². The Kier molecular flexibility index (Phi) is 9.04. The third kappa shape index (κ3) is 6.75. The number of nitrogens with one attached hydrogen (secondary N) is 2. The molecule has 1 aliphatic carbocycles. The molecule has 234 valence electrons. The van der Waals surface area contributed by atoms with Gasteiger partial charge in [0, 0.05) is 30.3 Å². The van der Waals surface area contributed by atoms with Crippen LogP contribution in [0, 0.1) is 5.82 Å². The molecule has 0 bridgehead atoms. The Bertz CT molecular complexity index is 1980. The number of fused-ring (bicyclic) bond motifs is 1. The van der Waals surface area contributed by atoms with Gasteiger partial charge in [-0.3, -0.25) is 9.12 Å². The molecule has 0 aliphatic heterocycles. The average molecular weight is 661 g/mol. The first-order valence-electron chi connectivity index (χ1n) is 14.1. The molecule has 2 aromatic heterocycles. The van der Waals surface area contributed by atoms with E-state index in [-0.39, 0.29) is 39.1 Å². The number of hydrogen-bond donors (Lipinski definition) is 3. The highest BCUT2D eigenvalue weighted by atomic mass is 35.5. The summed E-state index contributed by atoms with van der Waals surface area (Å²) in [4.78, 5) is 9.18. The van der Waals surface area contributed by atoms with Crippen molar-refractivity contribution in [3.63, 3.8) is 0 Å². The molecular weight excluding hydrogens is 627 g/mol. The Morgan fingerprint density at radius 3 is 2.55 bits per heavy atom. The zero-order chi connectivity index (χ0) is 31.8. The molecule has 2 heterocycles. The Labute approximate surface area is 261 Å². The second-order valence-corrected chi connectivity index (χ2v) is 15.5. The lowest BCUT2D eigenvalue weighted by Gasteiger charge is -2.24. The van der Waals surface area contributed by atoms with Crippen LogP contribution >= 0.6 is 11.6 Å². The number of aromatic nitrogens is 3. The molecule has 5 rings (SSSR count). The van der Waals surface area contributed by atoms with E-state index in [1.807, 2.05) is 18.2 Å². The van der Waals surface area contributed by atoms with Crippen LogP contribution in [-0.2, 0) is 19.9 Å². The van der Waals surface area contributed by atoms with Gasteiger partial charge in [-0.2, -0.15) is 0 Å². The third-order valence-corrected chi connectivity index (χ3v) is 10.3. The normalized spacial score (nSPS) is 16.0. The number of hydrogen-bond acceptors (Lipinski definition) is 8. The number of sulfonamides is 1. The molecule has 44 heavy (non-hydrogen) atoms. The summed E-state index contributed by atoms with van der Waals surface area (Å²) < 4.78 is 68.4. The summed E-state index contributed by atoms with van der Waals surface area (Å²) in [6, 6.07) is 10.2. The highest BCUT2D eigenvalue weighted by Gasteiger charge is 2.25. The van der Waals surface area contributed by atoms with Crippen molar-refractivity contribution in [2.24, 2.45) is 0 Å². The zero-order valence-electron chi connectivity index (χ0n) is 24.5.